The number of phenols is 1. The van der Waals surface area contributed by atoms with Crippen molar-refractivity contribution in [3.63, 3.8) is 0 Å². The molecule has 2 aromatic rings. The predicted molar refractivity (Wildman–Crippen MR) is 86.6 cm³/mol. The van der Waals surface area contributed by atoms with Crippen molar-refractivity contribution >= 4 is 16.7 Å². The molecule has 0 bridgehead atoms. The van der Waals surface area contributed by atoms with Crippen LogP contribution >= 0.6 is 0 Å². The van der Waals surface area contributed by atoms with Crippen molar-refractivity contribution in [2.75, 3.05) is 0 Å². The van der Waals surface area contributed by atoms with Gasteiger partial charge in [-0.2, -0.15) is 0 Å². The van der Waals surface area contributed by atoms with Crippen molar-refractivity contribution < 1.29 is 15.0 Å². The number of carboxylic acids is 1. The number of carbonyl (C=O) groups is 1. The van der Waals surface area contributed by atoms with Gasteiger partial charge in [0, 0.05) is 11.8 Å². The summed E-state index contributed by atoms with van der Waals surface area (Å²) in [7, 11) is 0. The van der Waals surface area contributed by atoms with Crippen LogP contribution in [0.15, 0.2) is 42.5 Å². The number of aromatic hydroxyl groups is 1. The van der Waals surface area contributed by atoms with E-state index in [2.05, 4.69) is 6.92 Å². The van der Waals surface area contributed by atoms with Gasteiger partial charge < -0.3 is 10.2 Å². The van der Waals surface area contributed by atoms with Gasteiger partial charge >= 0.3 is 5.97 Å². The lowest BCUT2D eigenvalue weighted by Crippen LogP contribution is -1.93. The average molecular weight is 288 g/mol. The van der Waals surface area contributed by atoms with Crippen molar-refractivity contribution in [3.8, 4) is 5.75 Å². The summed E-state index contributed by atoms with van der Waals surface area (Å²) in [6.45, 7) is 2.15. The summed E-state index contributed by atoms with van der Waals surface area (Å²) in [6.07, 6.45) is 5.88. The number of phenolic OH excluding ortho intramolecular Hbond substituents is 1. The Labute approximate surface area is 126 Å². The predicted octanol–water partition coefficient (Wildman–Crippen LogP) is 4.98. The Hall–Kier alpha value is -2.03. The zero-order valence-electron chi connectivity index (χ0n) is 12.6. The van der Waals surface area contributed by atoms with E-state index < -0.39 is 5.97 Å². The lowest BCUT2D eigenvalue weighted by molar-refractivity contribution is -0.137. The maximum Gasteiger partial charge on any atom is 0.303 e. The van der Waals surface area contributed by atoms with E-state index in [9.17, 15) is 9.90 Å². The highest BCUT2D eigenvalue weighted by Gasteiger charge is 1.95. The van der Waals surface area contributed by atoms with E-state index >= 15 is 0 Å². The number of unbranched alkanes of at least 4 members (excludes halogenated alkanes) is 4. The van der Waals surface area contributed by atoms with Crippen LogP contribution < -0.4 is 0 Å². The minimum Gasteiger partial charge on any atom is -0.507 e. The summed E-state index contributed by atoms with van der Waals surface area (Å²) >= 11 is 0. The fourth-order valence-electron chi connectivity index (χ4n) is 2.09. The molecule has 0 saturated carbocycles. The van der Waals surface area contributed by atoms with Gasteiger partial charge in [0.2, 0.25) is 0 Å². The summed E-state index contributed by atoms with van der Waals surface area (Å²) < 4.78 is 0. The summed E-state index contributed by atoms with van der Waals surface area (Å²) in [6, 6.07) is 13.3. The quantitative estimate of drug-likeness (QED) is 0.737. The lowest BCUT2D eigenvalue weighted by Gasteiger charge is -1.97. The molecule has 0 aliphatic heterocycles. The van der Waals surface area contributed by atoms with Crippen molar-refractivity contribution in [1.29, 1.82) is 0 Å². The number of benzene rings is 2. The molecule has 114 valence electrons. The number of fused-ring (bicyclic) bond motifs is 1. The smallest absolute Gasteiger partial charge is 0.303 e. The third kappa shape index (κ3) is 6.80. The van der Waals surface area contributed by atoms with Gasteiger partial charge in [-0.25, -0.2) is 0 Å². The van der Waals surface area contributed by atoms with E-state index in [-0.39, 0.29) is 0 Å². The number of carboxylic acid groups (broad SMARTS) is 1. The normalized spacial score (nSPS) is 9.95. The average Bonchev–Trinajstić information content (AvgIpc) is 2.48. The molecule has 0 unspecified atom stereocenters. The van der Waals surface area contributed by atoms with Gasteiger partial charge in [-0.3, -0.25) is 4.79 Å². The molecule has 3 heteroatoms. The minimum absolute atomic E-state index is 0.337. The molecule has 0 spiro atoms. The van der Waals surface area contributed by atoms with E-state index in [0.29, 0.717) is 12.2 Å². The molecule has 0 amide bonds. The van der Waals surface area contributed by atoms with Crippen molar-refractivity contribution in [2.45, 2.75) is 45.4 Å². The van der Waals surface area contributed by atoms with Gasteiger partial charge in [0.25, 0.3) is 0 Å². The van der Waals surface area contributed by atoms with Gasteiger partial charge in [-0.05, 0) is 17.9 Å². The molecule has 0 radical (unpaired) electrons. The van der Waals surface area contributed by atoms with Crippen LogP contribution in [0.2, 0.25) is 0 Å². The van der Waals surface area contributed by atoms with Crippen LogP contribution in [-0.2, 0) is 4.79 Å². The highest BCUT2D eigenvalue weighted by molar-refractivity contribution is 5.87. The fourth-order valence-corrected chi connectivity index (χ4v) is 2.09. The lowest BCUT2D eigenvalue weighted by atomic mass is 10.1. The standard InChI is InChI=1S/C10H8O.C8H16O2/c11-10-7-3-5-8-4-1-2-6-9(8)10;1-2-3-4-5-6-7-8(9)10/h1-7,11H;2-7H2,1H3,(H,9,10). The maximum absolute atomic E-state index is 10.0. The second-order valence-electron chi connectivity index (χ2n) is 5.06. The van der Waals surface area contributed by atoms with Crippen LogP contribution in [0.25, 0.3) is 10.8 Å². The number of hydrogen-bond acceptors (Lipinski definition) is 2. The first-order chi connectivity index (χ1) is 10.1. The van der Waals surface area contributed by atoms with Crippen LogP contribution in [0.5, 0.6) is 5.75 Å². The van der Waals surface area contributed by atoms with Crippen LogP contribution in [0.3, 0.4) is 0 Å². The van der Waals surface area contributed by atoms with E-state index in [1.165, 1.54) is 19.3 Å². The topological polar surface area (TPSA) is 57.5 Å². The third-order valence-electron chi connectivity index (χ3n) is 3.26. The van der Waals surface area contributed by atoms with E-state index in [0.717, 1.165) is 23.6 Å². The molecule has 2 N–H and O–H groups in total. The first kappa shape index (κ1) is 17.0. The van der Waals surface area contributed by atoms with Gasteiger partial charge in [-0.1, -0.05) is 69.0 Å². The first-order valence-corrected chi connectivity index (χ1v) is 7.53. The van der Waals surface area contributed by atoms with Crippen LogP contribution in [0.1, 0.15) is 45.4 Å². The number of rotatable bonds is 6. The van der Waals surface area contributed by atoms with Crippen molar-refractivity contribution in [2.24, 2.45) is 0 Å². The molecule has 0 fully saturated rings. The van der Waals surface area contributed by atoms with E-state index in [4.69, 9.17) is 5.11 Å². The molecule has 0 heterocycles. The highest BCUT2D eigenvalue weighted by Crippen LogP contribution is 2.22. The summed E-state index contributed by atoms with van der Waals surface area (Å²) in [4.78, 5) is 10.0. The third-order valence-corrected chi connectivity index (χ3v) is 3.26. The Balaban J connectivity index is 0.000000212. The Morgan fingerprint density at radius 3 is 2.29 bits per heavy atom. The Morgan fingerprint density at radius 2 is 1.62 bits per heavy atom. The van der Waals surface area contributed by atoms with Crippen LogP contribution in [0.4, 0.5) is 0 Å². The molecule has 0 atom stereocenters. The zero-order chi connectivity index (χ0) is 15.5. The molecule has 0 aliphatic rings. The number of hydrogen-bond donors (Lipinski definition) is 2. The maximum atomic E-state index is 10.0. The monoisotopic (exact) mass is 288 g/mol. The largest absolute Gasteiger partial charge is 0.507 e. The minimum atomic E-state index is -0.670. The molecule has 0 aliphatic carbocycles. The molecule has 0 aromatic heterocycles. The Kier molecular flexibility index (Phi) is 7.95. The van der Waals surface area contributed by atoms with Crippen molar-refractivity contribution in [3.05, 3.63) is 42.5 Å². The number of aliphatic carboxylic acids is 1. The SMILES string of the molecule is CCCCCCCC(=O)O.Oc1cccc2ccccc12. The summed E-state index contributed by atoms with van der Waals surface area (Å²) in [5.74, 6) is -0.320. The molecule has 21 heavy (non-hydrogen) atoms. The van der Waals surface area contributed by atoms with Crippen molar-refractivity contribution in [1.82, 2.24) is 0 Å². The van der Waals surface area contributed by atoms with Gasteiger partial charge in [0.1, 0.15) is 5.75 Å². The molecular weight excluding hydrogens is 264 g/mol. The van der Waals surface area contributed by atoms with Gasteiger partial charge in [0.15, 0.2) is 0 Å². The fraction of sp³-hybridized carbons (Fsp3) is 0.389. The first-order valence-electron chi connectivity index (χ1n) is 7.53. The molecule has 3 nitrogen and oxygen atoms in total. The molecular formula is C18H24O3. The molecule has 2 rings (SSSR count). The van der Waals surface area contributed by atoms with E-state index in [1.54, 1.807) is 6.07 Å². The summed E-state index contributed by atoms with van der Waals surface area (Å²) in [5.41, 5.74) is 0. The second-order valence-corrected chi connectivity index (χ2v) is 5.06. The van der Waals surface area contributed by atoms with Gasteiger partial charge in [0.05, 0.1) is 0 Å². The second kappa shape index (κ2) is 9.81. The van der Waals surface area contributed by atoms with Crippen LogP contribution in [-0.4, -0.2) is 16.2 Å². The highest BCUT2D eigenvalue weighted by atomic mass is 16.4. The molecule has 0 saturated heterocycles. The summed E-state index contributed by atoms with van der Waals surface area (Å²) in [5, 5.41) is 19.6. The van der Waals surface area contributed by atoms with E-state index in [1.807, 2.05) is 36.4 Å². The Bertz CT molecular complexity index is 544. The Morgan fingerprint density at radius 1 is 0.952 bits per heavy atom. The molecule has 2 aromatic carbocycles. The zero-order valence-corrected chi connectivity index (χ0v) is 12.6. The van der Waals surface area contributed by atoms with Gasteiger partial charge in [-0.15, -0.1) is 0 Å². The van der Waals surface area contributed by atoms with Crippen LogP contribution in [0, 0.1) is 0 Å².